The average molecular weight is 737 g/mol. The maximum Gasteiger partial charge on any atom is 0.164 e. The summed E-state index contributed by atoms with van der Waals surface area (Å²) in [5, 5.41) is 4.94. The predicted molar refractivity (Wildman–Crippen MR) is 260 cm³/mol. The quantitative estimate of drug-likeness (QED) is 0.250. The highest BCUT2D eigenvalue weighted by molar-refractivity contribution is 6.68. The Bertz CT molecular complexity index is 3140. The monoisotopic (exact) mass is 737 g/mol. The SMILES string of the molecule is Bc1c(B)c(B)c(-c2nc(-c3cccc(-c4ccc5cc(-c6cccc7ccccc67)ccc5c4)c3)nc(-c3cccc4c3-c3ccccc3C4(C)C)n2)c(B)c1B. The van der Waals surface area contributed by atoms with Crippen molar-refractivity contribution in [2.24, 2.45) is 0 Å². The first-order valence-electron chi connectivity index (χ1n) is 20.3. The van der Waals surface area contributed by atoms with E-state index in [-0.39, 0.29) is 5.41 Å². The predicted octanol–water partition coefficient (Wildman–Crippen LogP) is 4.11. The molecular formula is C50H40B5N3. The molecule has 0 aliphatic heterocycles. The van der Waals surface area contributed by atoms with Crippen LogP contribution in [0.1, 0.15) is 25.0 Å². The molecule has 1 heterocycles. The Balaban J connectivity index is 1.12. The van der Waals surface area contributed by atoms with E-state index >= 15 is 0 Å². The van der Waals surface area contributed by atoms with E-state index in [0.717, 1.165) is 27.8 Å². The molecular weight excluding hydrogens is 697 g/mol. The third-order valence-electron chi connectivity index (χ3n) is 13.1. The third-order valence-corrected chi connectivity index (χ3v) is 13.1. The molecule has 1 aliphatic carbocycles. The van der Waals surface area contributed by atoms with Crippen molar-refractivity contribution in [2.75, 3.05) is 0 Å². The first kappa shape index (κ1) is 36.0. The van der Waals surface area contributed by atoms with Crippen LogP contribution in [0.15, 0.2) is 146 Å². The molecule has 270 valence electrons. The lowest BCUT2D eigenvalue weighted by Gasteiger charge is -2.22. The lowest BCUT2D eigenvalue weighted by molar-refractivity contribution is 0.660. The topological polar surface area (TPSA) is 38.7 Å². The van der Waals surface area contributed by atoms with Crippen LogP contribution in [0.4, 0.5) is 0 Å². The zero-order valence-electron chi connectivity index (χ0n) is 34.2. The third kappa shape index (κ3) is 5.69. The maximum absolute atomic E-state index is 5.37. The first-order valence-corrected chi connectivity index (χ1v) is 20.3. The number of fused-ring (bicyclic) bond motifs is 5. The van der Waals surface area contributed by atoms with Crippen LogP contribution in [0, 0.1) is 0 Å². The Kier molecular flexibility index (Phi) is 8.46. The van der Waals surface area contributed by atoms with Crippen LogP contribution < -0.4 is 27.3 Å². The van der Waals surface area contributed by atoms with Gasteiger partial charge in [0.25, 0.3) is 0 Å². The summed E-state index contributed by atoms with van der Waals surface area (Å²) >= 11 is 0. The lowest BCUT2D eigenvalue weighted by atomic mass is 9.60. The van der Waals surface area contributed by atoms with Gasteiger partial charge in [-0.1, -0.05) is 152 Å². The van der Waals surface area contributed by atoms with E-state index in [4.69, 9.17) is 15.0 Å². The van der Waals surface area contributed by atoms with Gasteiger partial charge < -0.3 is 0 Å². The van der Waals surface area contributed by atoms with E-state index < -0.39 is 0 Å². The molecule has 0 fully saturated rings. The molecule has 58 heavy (non-hydrogen) atoms. The second kappa shape index (κ2) is 13.6. The molecule has 0 bridgehead atoms. The van der Waals surface area contributed by atoms with E-state index in [2.05, 4.69) is 199 Å². The van der Waals surface area contributed by atoms with Gasteiger partial charge in [0.2, 0.25) is 0 Å². The Labute approximate surface area is 345 Å². The summed E-state index contributed by atoms with van der Waals surface area (Å²) in [6, 6.07) is 52.8. The van der Waals surface area contributed by atoms with Gasteiger partial charge in [0.15, 0.2) is 17.5 Å². The van der Waals surface area contributed by atoms with Gasteiger partial charge in [0.05, 0.1) is 0 Å². The molecule has 10 rings (SSSR count). The molecule has 1 aromatic heterocycles. The van der Waals surface area contributed by atoms with Gasteiger partial charge in [-0.05, 0) is 84.3 Å². The van der Waals surface area contributed by atoms with E-state index in [1.807, 2.05) is 0 Å². The van der Waals surface area contributed by atoms with Gasteiger partial charge in [-0.2, -0.15) is 0 Å². The summed E-state index contributed by atoms with van der Waals surface area (Å²) in [4.78, 5) is 16.0. The average Bonchev–Trinajstić information content (AvgIpc) is 3.50. The first-order chi connectivity index (χ1) is 28.1. The summed E-state index contributed by atoms with van der Waals surface area (Å²) < 4.78 is 0. The largest absolute Gasteiger partial charge is 0.208 e. The smallest absolute Gasteiger partial charge is 0.164 e. The molecule has 0 amide bonds. The minimum absolute atomic E-state index is 0.134. The summed E-state index contributed by atoms with van der Waals surface area (Å²) in [5.41, 5.74) is 19.1. The van der Waals surface area contributed by atoms with Crippen molar-refractivity contribution in [2.45, 2.75) is 19.3 Å². The lowest BCUT2D eigenvalue weighted by Crippen LogP contribution is -2.55. The van der Waals surface area contributed by atoms with Crippen LogP contribution >= 0.6 is 0 Å². The summed E-state index contributed by atoms with van der Waals surface area (Å²) in [7, 11) is 11.1. The van der Waals surface area contributed by atoms with Crippen molar-refractivity contribution in [1.29, 1.82) is 0 Å². The van der Waals surface area contributed by atoms with E-state index in [1.165, 1.54) is 82.2 Å². The van der Waals surface area contributed by atoms with Crippen molar-refractivity contribution in [3.8, 4) is 67.5 Å². The second-order valence-electron chi connectivity index (χ2n) is 16.6. The minimum atomic E-state index is -0.134. The molecule has 0 spiro atoms. The number of benzene rings is 8. The number of hydrogen-bond donors (Lipinski definition) is 0. The molecule has 9 aromatic rings. The van der Waals surface area contributed by atoms with Gasteiger partial charge in [-0.25, -0.2) is 15.0 Å². The summed E-state index contributed by atoms with van der Waals surface area (Å²) in [5.74, 6) is 2.07. The Hall–Kier alpha value is -6.39. The van der Waals surface area contributed by atoms with Crippen LogP contribution in [0.25, 0.3) is 89.1 Å². The fraction of sp³-hybridized carbons (Fsp3) is 0.0600. The Morgan fingerprint density at radius 2 is 0.897 bits per heavy atom. The van der Waals surface area contributed by atoms with Crippen LogP contribution in [0.2, 0.25) is 0 Å². The molecule has 0 saturated carbocycles. The number of nitrogens with zero attached hydrogens (tertiary/aromatic N) is 3. The zero-order chi connectivity index (χ0) is 39.9. The molecule has 0 unspecified atom stereocenters. The second-order valence-corrected chi connectivity index (χ2v) is 16.6. The number of rotatable bonds is 5. The Morgan fingerprint density at radius 1 is 0.362 bits per heavy atom. The molecule has 8 aromatic carbocycles. The van der Waals surface area contributed by atoms with Crippen molar-refractivity contribution in [3.63, 3.8) is 0 Å². The Morgan fingerprint density at radius 3 is 1.71 bits per heavy atom. The van der Waals surface area contributed by atoms with Gasteiger partial charge in [-0.15, -0.1) is 16.4 Å². The maximum atomic E-state index is 5.37. The molecule has 0 radical (unpaired) electrons. The highest BCUT2D eigenvalue weighted by Crippen LogP contribution is 2.51. The summed E-state index contributed by atoms with van der Waals surface area (Å²) in [6.45, 7) is 4.64. The molecule has 0 N–H and O–H groups in total. The zero-order valence-corrected chi connectivity index (χ0v) is 34.2. The van der Waals surface area contributed by atoms with Gasteiger partial charge in [-0.3, -0.25) is 0 Å². The van der Waals surface area contributed by atoms with Crippen molar-refractivity contribution < 1.29 is 0 Å². The molecule has 8 heteroatoms. The van der Waals surface area contributed by atoms with E-state index in [1.54, 1.807) is 0 Å². The van der Waals surface area contributed by atoms with Gasteiger partial charge in [0, 0.05) is 22.1 Å². The van der Waals surface area contributed by atoms with Crippen molar-refractivity contribution in [1.82, 2.24) is 15.0 Å². The normalized spacial score (nSPS) is 12.8. The van der Waals surface area contributed by atoms with Gasteiger partial charge >= 0.3 is 0 Å². The van der Waals surface area contributed by atoms with Crippen LogP contribution in [-0.2, 0) is 5.41 Å². The van der Waals surface area contributed by atoms with E-state index in [9.17, 15) is 0 Å². The number of aromatic nitrogens is 3. The van der Waals surface area contributed by atoms with Crippen molar-refractivity contribution >= 4 is 88.1 Å². The van der Waals surface area contributed by atoms with E-state index in [0.29, 0.717) is 17.5 Å². The van der Waals surface area contributed by atoms with Crippen LogP contribution in [0.3, 0.4) is 0 Å². The number of hydrogen-bond acceptors (Lipinski definition) is 3. The van der Waals surface area contributed by atoms with Crippen molar-refractivity contribution in [3.05, 3.63) is 157 Å². The highest BCUT2D eigenvalue weighted by Gasteiger charge is 2.37. The molecule has 1 aliphatic rings. The van der Waals surface area contributed by atoms with Crippen LogP contribution in [-0.4, -0.2) is 54.2 Å². The van der Waals surface area contributed by atoms with Gasteiger partial charge in [0.1, 0.15) is 39.2 Å². The molecule has 3 nitrogen and oxygen atoms in total. The van der Waals surface area contributed by atoms with Crippen LogP contribution in [0.5, 0.6) is 0 Å². The highest BCUT2D eigenvalue weighted by atomic mass is 15.0. The fourth-order valence-corrected chi connectivity index (χ4v) is 9.42. The molecule has 0 saturated heterocycles. The molecule has 0 atom stereocenters. The standard InChI is InChI=1S/C50H40B5N3/c1-50(2)38-18-6-5-15-36(38)40-37(17-9-19-39(40)50)48-56-47(57-49(58-48)41-42(51)44(53)46(55)45(54)43(41)52)33-13-7-12-28(26-33)29-20-21-31-25-32(23-22-30(31)24-29)35-16-8-11-27-10-3-4-14-34(27)35/h3-26H,51-55H2,1-2H3. The minimum Gasteiger partial charge on any atom is -0.208 e. The fourth-order valence-electron chi connectivity index (χ4n) is 9.42. The summed E-state index contributed by atoms with van der Waals surface area (Å²) in [6.07, 6.45) is 0.